The Hall–Kier alpha value is -1.88. The van der Waals surface area contributed by atoms with Gasteiger partial charge in [-0.05, 0) is 44.7 Å². The van der Waals surface area contributed by atoms with Crippen molar-refractivity contribution in [2.45, 2.75) is 32.7 Å². The molecule has 4 nitrogen and oxygen atoms in total. The molecule has 6 heteroatoms. The van der Waals surface area contributed by atoms with E-state index < -0.39 is 5.82 Å². The molecular weight excluding hydrogens is 307 g/mol. The molecule has 1 fully saturated rings. The average Bonchev–Trinajstić information content (AvgIpc) is 3.23. The van der Waals surface area contributed by atoms with Gasteiger partial charge in [0.05, 0.1) is 10.6 Å². The number of benzene rings is 1. The van der Waals surface area contributed by atoms with Gasteiger partial charge in [0.2, 0.25) is 0 Å². The molecule has 2 aromatic rings. The van der Waals surface area contributed by atoms with Crippen molar-refractivity contribution >= 4 is 17.5 Å². The molecule has 1 aromatic heterocycles. The van der Waals surface area contributed by atoms with Gasteiger partial charge in [-0.15, -0.1) is 0 Å². The Balaban J connectivity index is 1.98. The number of amides is 1. The number of nitrogens with zero attached hydrogens (tertiary/aromatic N) is 1. The van der Waals surface area contributed by atoms with Crippen LogP contribution in [0.25, 0.3) is 11.3 Å². The van der Waals surface area contributed by atoms with Crippen LogP contribution in [0.4, 0.5) is 4.39 Å². The average molecular weight is 323 g/mol. The summed E-state index contributed by atoms with van der Waals surface area (Å²) < 4.78 is 19.2. The number of hydrogen-bond donors (Lipinski definition) is 1. The maximum Gasteiger partial charge on any atom is 0.257 e. The van der Waals surface area contributed by atoms with E-state index in [0.29, 0.717) is 11.7 Å². The summed E-state index contributed by atoms with van der Waals surface area (Å²) in [7, 11) is 0. The van der Waals surface area contributed by atoms with E-state index >= 15 is 0 Å². The van der Waals surface area contributed by atoms with E-state index in [2.05, 4.69) is 10.5 Å². The van der Waals surface area contributed by atoms with Crippen molar-refractivity contribution < 1.29 is 13.7 Å². The van der Waals surface area contributed by atoms with Gasteiger partial charge in [-0.1, -0.05) is 22.8 Å². The van der Waals surface area contributed by atoms with Crippen molar-refractivity contribution in [3.63, 3.8) is 0 Å². The van der Waals surface area contributed by atoms with Crippen LogP contribution >= 0.6 is 11.6 Å². The molecule has 0 aliphatic heterocycles. The lowest BCUT2D eigenvalue weighted by atomic mass is 10.0. The second-order valence-electron chi connectivity index (χ2n) is 5.66. The van der Waals surface area contributed by atoms with E-state index in [-0.39, 0.29) is 33.8 Å². The molecule has 1 aliphatic rings. The van der Waals surface area contributed by atoms with Crippen LogP contribution < -0.4 is 5.32 Å². The van der Waals surface area contributed by atoms with Gasteiger partial charge in [-0.2, -0.15) is 0 Å². The zero-order valence-electron chi connectivity index (χ0n) is 12.3. The fourth-order valence-electron chi connectivity index (χ4n) is 2.53. The minimum Gasteiger partial charge on any atom is -0.360 e. The normalized spacial score (nSPS) is 15.6. The van der Waals surface area contributed by atoms with Crippen LogP contribution in [0.2, 0.25) is 5.02 Å². The molecule has 0 radical (unpaired) electrons. The third-order valence-electron chi connectivity index (χ3n) is 3.98. The molecule has 0 spiro atoms. The Morgan fingerprint density at radius 3 is 2.86 bits per heavy atom. The first-order valence-corrected chi connectivity index (χ1v) is 7.58. The highest BCUT2D eigenvalue weighted by atomic mass is 35.5. The maximum absolute atomic E-state index is 14.1. The molecule has 1 N–H and O–H groups in total. The van der Waals surface area contributed by atoms with Gasteiger partial charge in [0.25, 0.3) is 5.91 Å². The van der Waals surface area contributed by atoms with Crippen LogP contribution in [0.15, 0.2) is 22.7 Å². The Labute approximate surface area is 132 Å². The summed E-state index contributed by atoms with van der Waals surface area (Å²) in [6.45, 7) is 3.59. The van der Waals surface area contributed by atoms with Crippen molar-refractivity contribution in [2.75, 3.05) is 0 Å². The highest BCUT2D eigenvalue weighted by molar-refractivity contribution is 6.33. The topological polar surface area (TPSA) is 55.1 Å². The van der Waals surface area contributed by atoms with Gasteiger partial charge in [0.1, 0.15) is 22.8 Å². The number of nitrogens with one attached hydrogen (secondary N) is 1. The monoisotopic (exact) mass is 322 g/mol. The number of rotatable bonds is 4. The third kappa shape index (κ3) is 2.73. The fraction of sp³-hybridized carbons (Fsp3) is 0.375. The predicted octanol–water partition coefficient (Wildman–Crippen LogP) is 3.97. The number of carbonyl (C=O) groups is 1. The van der Waals surface area contributed by atoms with Crippen molar-refractivity contribution in [2.24, 2.45) is 5.92 Å². The summed E-state index contributed by atoms with van der Waals surface area (Å²) in [5.74, 6) is 0.0111. The zero-order chi connectivity index (χ0) is 15.9. The molecule has 1 heterocycles. The van der Waals surface area contributed by atoms with E-state index in [4.69, 9.17) is 16.1 Å². The second kappa shape index (κ2) is 5.72. The summed E-state index contributed by atoms with van der Waals surface area (Å²) in [4.78, 5) is 12.5. The molecule has 0 unspecified atom stereocenters. The summed E-state index contributed by atoms with van der Waals surface area (Å²) in [5.41, 5.74) is 0.464. The minimum absolute atomic E-state index is 0.0748. The summed E-state index contributed by atoms with van der Waals surface area (Å²) >= 11 is 6.06. The van der Waals surface area contributed by atoms with E-state index in [1.54, 1.807) is 13.0 Å². The number of halogens is 2. The lowest BCUT2D eigenvalue weighted by Gasteiger charge is -2.13. The Kier molecular flexibility index (Phi) is 3.91. The lowest BCUT2D eigenvalue weighted by Crippen LogP contribution is -2.34. The van der Waals surface area contributed by atoms with E-state index in [9.17, 15) is 9.18 Å². The zero-order valence-corrected chi connectivity index (χ0v) is 13.1. The molecule has 0 saturated heterocycles. The van der Waals surface area contributed by atoms with Crippen molar-refractivity contribution in [1.82, 2.24) is 10.5 Å². The Bertz CT molecular complexity index is 705. The van der Waals surface area contributed by atoms with Crippen molar-refractivity contribution in [3.8, 4) is 11.3 Å². The van der Waals surface area contributed by atoms with Crippen LogP contribution in [0, 0.1) is 18.7 Å². The van der Waals surface area contributed by atoms with Gasteiger partial charge < -0.3 is 9.84 Å². The molecule has 0 bridgehead atoms. The summed E-state index contributed by atoms with van der Waals surface area (Å²) in [6.07, 6.45) is 2.24. The van der Waals surface area contributed by atoms with E-state index in [0.717, 1.165) is 12.8 Å². The predicted molar refractivity (Wildman–Crippen MR) is 81.3 cm³/mol. The van der Waals surface area contributed by atoms with Gasteiger partial charge in [-0.25, -0.2) is 4.39 Å². The number of aromatic nitrogens is 1. The van der Waals surface area contributed by atoms with E-state index in [1.165, 1.54) is 12.1 Å². The Morgan fingerprint density at radius 2 is 2.23 bits per heavy atom. The molecule has 1 atom stereocenters. The maximum atomic E-state index is 14.1. The van der Waals surface area contributed by atoms with Crippen molar-refractivity contribution in [1.29, 1.82) is 0 Å². The van der Waals surface area contributed by atoms with Crippen LogP contribution in [0.3, 0.4) is 0 Å². The van der Waals surface area contributed by atoms with Gasteiger partial charge in [0.15, 0.2) is 0 Å². The highest BCUT2D eigenvalue weighted by Gasteiger charge is 2.31. The second-order valence-corrected chi connectivity index (χ2v) is 6.07. The first-order chi connectivity index (χ1) is 10.5. The molecule has 1 amide bonds. The lowest BCUT2D eigenvalue weighted by molar-refractivity contribution is 0.0935. The van der Waals surface area contributed by atoms with Gasteiger partial charge >= 0.3 is 0 Å². The molecule has 22 heavy (non-hydrogen) atoms. The molecule has 116 valence electrons. The quantitative estimate of drug-likeness (QED) is 0.926. The highest BCUT2D eigenvalue weighted by Crippen LogP contribution is 2.35. The molecule has 1 aliphatic carbocycles. The third-order valence-corrected chi connectivity index (χ3v) is 4.29. The molecular formula is C16H16ClFN2O2. The summed E-state index contributed by atoms with van der Waals surface area (Å²) in [6, 6.07) is 4.41. The first-order valence-electron chi connectivity index (χ1n) is 7.20. The molecule has 3 rings (SSSR count). The number of carbonyl (C=O) groups excluding carboxylic acids is 1. The molecule has 1 aromatic carbocycles. The largest absolute Gasteiger partial charge is 0.360 e. The fourth-order valence-corrected chi connectivity index (χ4v) is 2.78. The minimum atomic E-state index is -0.537. The Morgan fingerprint density at radius 1 is 1.50 bits per heavy atom. The molecule has 1 saturated carbocycles. The number of hydrogen-bond acceptors (Lipinski definition) is 3. The van der Waals surface area contributed by atoms with Gasteiger partial charge in [-0.3, -0.25) is 4.79 Å². The van der Waals surface area contributed by atoms with Crippen molar-refractivity contribution in [3.05, 3.63) is 40.4 Å². The SMILES string of the molecule is Cc1onc(-c2c(F)cccc2Cl)c1C(=O)N[C@H](C)C1CC1. The first kappa shape index (κ1) is 15.0. The van der Waals surface area contributed by atoms with Crippen LogP contribution in [-0.2, 0) is 0 Å². The standard InChI is InChI=1S/C16H16ClFN2O2/c1-8(10-6-7-10)19-16(21)13-9(2)22-20-15(13)14-11(17)4-3-5-12(14)18/h3-5,8,10H,6-7H2,1-2H3,(H,19,21)/t8-/m1/s1. The van der Waals surface area contributed by atoms with Crippen LogP contribution in [0.1, 0.15) is 35.9 Å². The van der Waals surface area contributed by atoms with E-state index in [1.807, 2.05) is 6.92 Å². The smallest absolute Gasteiger partial charge is 0.257 e. The van der Waals surface area contributed by atoms with Gasteiger partial charge in [0, 0.05) is 6.04 Å². The summed E-state index contributed by atoms with van der Waals surface area (Å²) in [5, 5.41) is 6.96. The van der Waals surface area contributed by atoms with Crippen LogP contribution in [0.5, 0.6) is 0 Å². The number of aryl methyl sites for hydroxylation is 1. The van der Waals surface area contributed by atoms with Crippen LogP contribution in [-0.4, -0.2) is 17.1 Å².